The first-order chi connectivity index (χ1) is 28.2. The van der Waals surface area contributed by atoms with E-state index in [1.165, 1.54) is 10.8 Å². The van der Waals surface area contributed by atoms with Gasteiger partial charge in [0.1, 0.15) is 22.3 Å². The maximum Gasteiger partial charge on any atom is 0.164 e. The van der Waals surface area contributed by atoms with E-state index in [9.17, 15) is 0 Å². The number of furan rings is 2. The summed E-state index contributed by atoms with van der Waals surface area (Å²) in [5.41, 5.74) is 11.6. The Balaban J connectivity index is 1.08. The van der Waals surface area contributed by atoms with E-state index in [0.29, 0.717) is 17.5 Å². The van der Waals surface area contributed by atoms with Gasteiger partial charge in [0.15, 0.2) is 17.5 Å². The standard InChI is InChI=1S/C51H30N4O2/c1-3-13-31(14-4-1)49-52-50(32-25-27-44-40(29-32)36-18-8-10-23-43(36)56-44)54-51(53-49)33-26-28-45-41(30-33)47-37(19-12-24-46(47)57-45)39-21-11-20-38-35-17-7-9-22-42(35)55(48(38)39)34-15-5-2-6-16-34/h1-30H. The molecular formula is C51H30N4O2. The molecule has 0 radical (unpaired) electrons. The van der Waals surface area contributed by atoms with Crippen molar-refractivity contribution in [2.75, 3.05) is 0 Å². The minimum absolute atomic E-state index is 0.580. The Morgan fingerprint density at radius 3 is 1.68 bits per heavy atom. The summed E-state index contributed by atoms with van der Waals surface area (Å²) in [6.45, 7) is 0. The van der Waals surface area contributed by atoms with Crippen LogP contribution < -0.4 is 0 Å². The Morgan fingerprint density at radius 2 is 0.895 bits per heavy atom. The zero-order valence-corrected chi connectivity index (χ0v) is 30.4. The fourth-order valence-corrected chi connectivity index (χ4v) is 8.49. The summed E-state index contributed by atoms with van der Waals surface area (Å²) in [5, 5.41) is 6.52. The number of benzene rings is 8. The average Bonchev–Trinajstić information content (AvgIpc) is 3.96. The first-order valence-electron chi connectivity index (χ1n) is 19.0. The predicted octanol–water partition coefficient (Wildman–Crippen LogP) is 13.4. The van der Waals surface area contributed by atoms with Gasteiger partial charge in [0.2, 0.25) is 0 Å². The van der Waals surface area contributed by atoms with Crippen molar-refractivity contribution in [3.63, 3.8) is 0 Å². The van der Waals surface area contributed by atoms with E-state index in [0.717, 1.165) is 88.4 Å². The second-order valence-corrected chi connectivity index (χ2v) is 14.4. The van der Waals surface area contributed by atoms with Crippen molar-refractivity contribution in [3.8, 4) is 51.0 Å². The molecule has 6 heteroatoms. The lowest BCUT2D eigenvalue weighted by molar-refractivity contribution is 0.668. The van der Waals surface area contributed by atoms with Crippen molar-refractivity contribution < 1.29 is 8.83 Å². The average molecular weight is 731 g/mol. The summed E-state index contributed by atoms with van der Waals surface area (Å²) >= 11 is 0. The molecule has 57 heavy (non-hydrogen) atoms. The number of hydrogen-bond donors (Lipinski definition) is 0. The third-order valence-corrected chi connectivity index (χ3v) is 11.1. The minimum Gasteiger partial charge on any atom is -0.456 e. The van der Waals surface area contributed by atoms with Crippen LogP contribution in [0.2, 0.25) is 0 Å². The van der Waals surface area contributed by atoms with Crippen molar-refractivity contribution in [1.82, 2.24) is 19.5 Å². The summed E-state index contributed by atoms with van der Waals surface area (Å²) in [6.07, 6.45) is 0. The summed E-state index contributed by atoms with van der Waals surface area (Å²) in [4.78, 5) is 15.3. The Hall–Kier alpha value is -7.83. The van der Waals surface area contributed by atoms with Crippen LogP contribution in [0.1, 0.15) is 0 Å². The highest BCUT2D eigenvalue weighted by atomic mass is 16.3. The molecule has 0 bridgehead atoms. The molecule has 0 spiro atoms. The highest BCUT2D eigenvalue weighted by Gasteiger charge is 2.21. The highest BCUT2D eigenvalue weighted by molar-refractivity contribution is 6.19. The van der Waals surface area contributed by atoms with E-state index in [4.69, 9.17) is 23.8 Å². The van der Waals surface area contributed by atoms with E-state index in [-0.39, 0.29) is 0 Å². The monoisotopic (exact) mass is 730 g/mol. The molecule has 266 valence electrons. The Morgan fingerprint density at radius 1 is 0.351 bits per heavy atom. The fourth-order valence-electron chi connectivity index (χ4n) is 8.49. The molecule has 8 aromatic carbocycles. The maximum absolute atomic E-state index is 6.58. The number of aromatic nitrogens is 4. The molecule has 12 rings (SSSR count). The topological polar surface area (TPSA) is 69.9 Å². The highest BCUT2D eigenvalue weighted by Crippen LogP contribution is 2.43. The minimum atomic E-state index is 0.580. The number of hydrogen-bond acceptors (Lipinski definition) is 5. The Kier molecular flexibility index (Phi) is 6.83. The van der Waals surface area contributed by atoms with Crippen LogP contribution in [0.4, 0.5) is 0 Å². The van der Waals surface area contributed by atoms with Gasteiger partial charge < -0.3 is 13.4 Å². The molecule has 0 saturated heterocycles. The van der Waals surface area contributed by atoms with Gasteiger partial charge in [-0.2, -0.15) is 0 Å². The largest absolute Gasteiger partial charge is 0.456 e. The number of para-hydroxylation sites is 4. The summed E-state index contributed by atoms with van der Waals surface area (Å²) in [6, 6.07) is 62.7. The van der Waals surface area contributed by atoms with Crippen LogP contribution in [-0.2, 0) is 0 Å². The summed E-state index contributed by atoms with van der Waals surface area (Å²) in [5.74, 6) is 1.77. The SMILES string of the molecule is c1ccc(-c2nc(-c3ccc4oc5ccccc5c4c3)nc(-c3ccc4oc5cccc(-c6cccc7c8ccccc8n(-c8ccccc8)c67)c5c4c3)n2)cc1. The summed E-state index contributed by atoms with van der Waals surface area (Å²) < 4.78 is 15.1. The zero-order valence-electron chi connectivity index (χ0n) is 30.4. The van der Waals surface area contributed by atoms with Gasteiger partial charge in [0.25, 0.3) is 0 Å². The molecule has 0 amide bonds. The van der Waals surface area contributed by atoms with Crippen LogP contribution in [0.5, 0.6) is 0 Å². The molecular weight excluding hydrogens is 701 g/mol. The lowest BCUT2D eigenvalue weighted by Gasteiger charge is -2.12. The van der Waals surface area contributed by atoms with E-state index >= 15 is 0 Å². The van der Waals surface area contributed by atoms with Gasteiger partial charge in [-0.3, -0.25) is 0 Å². The molecule has 0 fully saturated rings. The van der Waals surface area contributed by atoms with Gasteiger partial charge in [-0.05, 0) is 72.3 Å². The first kappa shape index (κ1) is 31.5. The van der Waals surface area contributed by atoms with E-state index in [2.05, 4.69) is 114 Å². The molecule has 12 aromatic rings. The number of rotatable bonds is 5. The molecule has 0 aliphatic rings. The molecule has 0 unspecified atom stereocenters. The van der Waals surface area contributed by atoms with Crippen molar-refractivity contribution in [1.29, 1.82) is 0 Å². The lowest BCUT2D eigenvalue weighted by atomic mass is 9.96. The van der Waals surface area contributed by atoms with Gasteiger partial charge in [0, 0.05) is 60.3 Å². The maximum atomic E-state index is 6.58. The van der Waals surface area contributed by atoms with Crippen LogP contribution in [0.15, 0.2) is 191 Å². The smallest absolute Gasteiger partial charge is 0.164 e. The Labute approximate surface area is 325 Å². The van der Waals surface area contributed by atoms with Crippen molar-refractivity contribution in [2.24, 2.45) is 0 Å². The van der Waals surface area contributed by atoms with Crippen LogP contribution in [0.3, 0.4) is 0 Å². The second-order valence-electron chi connectivity index (χ2n) is 14.4. The van der Waals surface area contributed by atoms with E-state index in [1.54, 1.807) is 0 Å². The Bertz CT molecular complexity index is 3530. The molecule has 0 aliphatic carbocycles. The van der Waals surface area contributed by atoms with E-state index < -0.39 is 0 Å². The van der Waals surface area contributed by atoms with Crippen LogP contribution in [0.25, 0.3) is 117 Å². The first-order valence-corrected chi connectivity index (χ1v) is 19.0. The quantitative estimate of drug-likeness (QED) is 0.176. The number of fused-ring (bicyclic) bond motifs is 9. The molecule has 0 N–H and O–H groups in total. The second kappa shape index (κ2) is 12.3. The van der Waals surface area contributed by atoms with Crippen LogP contribution in [0, 0.1) is 0 Å². The molecule has 0 atom stereocenters. The fraction of sp³-hybridized carbons (Fsp3) is 0. The van der Waals surface area contributed by atoms with Crippen molar-refractivity contribution in [3.05, 3.63) is 182 Å². The summed E-state index contributed by atoms with van der Waals surface area (Å²) in [7, 11) is 0. The van der Waals surface area contributed by atoms with Crippen LogP contribution >= 0.6 is 0 Å². The predicted molar refractivity (Wildman–Crippen MR) is 230 cm³/mol. The number of nitrogens with zero attached hydrogens (tertiary/aromatic N) is 4. The lowest BCUT2D eigenvalue weighted by Crippen LogP contribution is -2.00. The third-order valence-electron chi connectivity index (χ3n) is 11.1. The normalized spacial score (nSPS) is 11.9. The van der Waals surface area contributed by atoms with Gasteiger partial charge in [-0.1, -0.05) is 115 Å². The molecule has 6 nitrogen and oxygen atoms in total. The van der Waals surface area contributed by atoms with Crippen LogP contribution in [-0.4, -0.2) is 19.5 Å². The van der Waals surface area contributed by atoms with Gasteiger partial charge >= 0.3 is 0 Å². The van der Waals surface area contributed by atoms with Gasteiger partial charge in [-0.25, -0.2) is 15.0 Å². The van der Waals surface area contributed by atoms with Gasteiger partial charge in [0.05, 0.1) is 11.0 Å². The molecule has 4 heterocycles. The zero-order chi connectivity index (χ0) is 37.5. The van der Waals surface area contributed by atoms with E-state index in [1.807, 2.05) is 72.8 Å². The molecule has 0 saturated carbocycles. The molecule has 0 aliphatic heterocycles. The van der Waals surface area contributed by atoms with Gasteiger partial charge in [-0.15, -0.1) is 0 Å². The third kappa shape index (κ3) is 4.94. The van der Waals surface area contributed by atoms with Crippen molar-refractivity contribution in [2.45, 2.75) is 0 Å². The van der Waals surface area contributed by atoms with Crippen molar-refractivity contribution >= 4 is 65.7 Å². The molecule has 4 aromatic heterocycles.